The fourth-order valence-electron chi connectivity index (χ4n) is 0.463. The lowest BCUT2D eigenvalue weighted by Gasteiger charge is -2.09. The Labute approximate surface area is 74.9 Å². The molecule has 72 valence electrons. The molecular formula is C8H10O5. The van der Waals surface area contributed by atoms with Gasteiger partial charge in [-0.3, -0.25) is 0 Å². The van der Waals surface area contributed by atoms with Crippen molar-refractivity contribution in [1.82, 2.24) is 0 Å². The molecule has 5 nitrogen and oxygen atoms in total. The highest BCUT2D eigenvalue weighted by Gasteiger charge is 2.16. The minimum atomic E-state index is -1.39. The molecule has 0 aliphatic carbocycles. The molecule has 13 heavy (non-hydrogen) atoms. The van der Waals surface area contributed by atoms with E-state index in [1.165, 1.54) is 0 Å². The molecule has 0 aromatic carbocycles. The number of hydrogen-bond acceptors (Lipinski definition) is 4. The normalized spacial score (nSPS) is 11.5. The van der Waals surface area contributed by atoms with E-state index in [0.29, 0.717) is 0 Å². The Balaban J connectivity index is 3.94. The highest BCUT2D eigenvalue weighted by Crippen LogP contribution is 2.00. The van der Waals surface area contributed by atoms with E-state index in [1.807, 2.05) is 0 Å². The average Bonchev–Trinajstić information content (AvgIpc) is 2.11. The van der Waals surface area contributed by atoms with Crippen molar-refractivity contribution in [3.63, 3.8) is 0 Å². The van der Waals surface area contributed by atoms with Gasteiger partial charge in [-0.15, -0.1) is 0 Å². The van der Waals surface area contributed by atoms with Crippen LogP contribution in [0.15, 0.2) is 24.8 Å². The van der Waals surface area contributed by atoms with Gasteiger partial charge in [-0.2, -0.15) is 0 Å². The van der Waals surface area contributed by atoms with Crippen LogP contribution in [0.4, 0.5) is 0 Å². The van der Waals surface area contributed by atoms with Crippen LogP contribution in [0, 0.1) is 0 Å². The molecule has 1 unspecified atom stereocenters. The molecule has 0 spiro atoms. The molecule has 0 aromatic rings. The highest BCUT2D eigenvalue weighted by atomic mass is 16.5. The van der Waals surface area contributed by atoms with E-state index in [1.54, 1.807) is 0 Å². The average molecular weight is 186 g/mol. The van der Waals surface area contributed by atoms with Gasteiger partial charge in [0.05, 0.1) is 5.57 Å². The second kappa shape index (κ2) is 5.10. The molecule has 0 aromatic heterocycles. The first-order chi connectivity index (χ1) is 5.99. The van der Waals surface area contributed by atoms with Crippen LogP contribution in [0.2, 0.25) is 0 Å². The fourth-order valence-corrected chi connectivity index (χ4v) is 0.463. The summed E-state index contributed by atoms with van der Waals surface area (Å²) in [4.78, 5) is 20.7. The minimum Gasteiger partial charge on any atom is -0.478 e. The zero-order chi connectivity index (χ0) is 10.4. The summed E-state index contributed by atoms with van der Waals surface area (Å²) in [5, 5.41) is 17.4. The van der Waals surface area contributed by atoms with Gasteiger partial charge >= 0.3 is 11.9 Å². The smallest absolute Gasteiger partial charge is 0.333 e. The SMILES string of the molecule is C=CC(=O)OCC(O)C(=C)C(=O)O. The van der Waals surface area contributed by atoms with Gasteiger partial charge in [-0.05, 0) is 0 Å². The van der Waals surface area contributed by atoms with Crippen LogP contribution >= 0.6 is 0 Å². The Morgan fingerprint density at radius 2 is 2.08 bits per heavy atom. The van der Waals surface area contributed by atoms with Crippen LogP contribution in [0.25, 0.3) is 0 Å². The fraction of sp³-hybridized carbons (Fsp3) is 0.250. The van der Waals surface area contributed by atoms with E-state index in [4.69, 9.17) is 10.2 Å². The Bertz CT molecular complexity index is 243. The van der Waals surface area contributed by atoms with E-state index < -0.39 is 30.2 Å². The summed E-state index contributed by atoms with van der Waals surface area (Å²) in [6.45, 7) is 5.78. The molecule has 0 rings (SSSR count). The van der Waals surface area contributed by atoms with E-state index in [9.17, 15) is 9.59 Å². The van der Waals surface area contributed by atoms with E-state index >= 15 is 0 Å². The maximum Gasteiger partial charge on any atom is 0.333 e. The Hall–Kier alpha value is -1.62. The summed E-state index contributed by atoms with van der Waals surface area (Å²) in [5.41, 5.74) is -0.420. The predicted octanol–water partition coefficient (Wildman–Crippen LogP) is -0.283. The predicted molar refractivity (Wildman–Crippen MR) is 43.9 cm³/mol. The van der Waals surface area contributed by atoms with Gasteiger partial charge in [0.15, 0.2) is 0 Å². The summed E-state index contributed by atoms with van der Waals surface area (Å²) in [6, 6.07) is 0. The summed E-state index contributed by atoms with van der Waals surface area (Å²) in [6.07, 6.45) is -0.475. The van der Waals surface area contributed by atoms with Gasteiger partial charge in [0, 0.05) is 6.08 Å². The second-order valence-corrected chi connectivity index (χ2v) is 2.18. The molecule has 0 amide bonds. The molecule has 0 bridgehead atoms. The molecule has 0 heterocycles. The highest BCUT2D eigenvalue weighted by molar-refractivity contribution is 5.87. The third-order valence-electron chi connectivity index (χ3n) is 1.23. The molecular weight excluding hydrogens is 176 g/mol. The number of ether oxygens (including phenoxy) is 1. The molecule has 2 N–H and O–H groups in total. The van der Waals surface area contributed by atoms with Gasteiger partial charge < -0.3 is 14.9 Å². The lowest BCUT2D eigenvalue weighted by molar-refractivity contribution is -0.142. The number of rotatable bonds is 5. The van der Waals surface area contributed by atoms with Crippen molar-refractivity contribution in [3.05, 3.63) is 24.8 Å². The number of aliphatic hydroxyl groups is 1. The Kier molecular flexibility index (Phi) is 4.47. The van der Waals surface area contributed by atoms with Crippen molar-refractivity contribution in [2.75, 3.05) is 6.61 Å². The number of esters is 1. The first-order valence-corrected chi connectivity index (χ1v) is 3.38. The lowest BCUT2D eigenvalue weighted by atomic mass is 10.2. The van der Waals surface area contributed by atoms with Gasteiger partial charge in [0.1, 0.15) is 12.7 Å². The monoisotopic (exact) mass is 186 g/mol. The molecule has 0 aliphatic rings. The van der Waals surface area contributed by atoms with Crippen molar-refractivity contribution in [1.29, 1.82) is 0 Å². The molecule has 0 saturated heterocycles. The summed E-state index contributed by atoms with van der Waals surface area (Å²) >= 11 is 0. The summed E-state index contributed by atoms with van der Waals surface area (Å²) in [5.74, 6) is -2.06. The first kappa shape index (κ1) is 11.4. The van der Waals surface area contributed by atoms with Crippen LogP contribution in [0.1, 0.15) is 0 Å². The molecule has 5 heteroatoms. The zero-order valence-electron chi connectivity index (χ0n) is 6.90. The molecule has 0 fully saturated rings. The number of aliphatic hydroxyl groups excluding tert-OH is 1. The van der Waals surface area contributed by atoms with Crippen LogP contribution in [0.5, 0.6) is 0 Å². The zero-order valence-corrected chi connectivity index (χ0v) is 6.90. The number of carbonyl (C=O) groups excluding carboxylic acids is 1. The number of hydrogen-bond donors (Lipinski definition) is 2. The molecule has 0 aliphatic heterocycles. The summed E-state index contributed by atoms with van der Waals surface area (Å²) < 4.78 is 4.39. The minimum absolute atomic E-state index is 0.420. The van der Waals surface area contributed by atoms with Gasteiger partial charge in [0.25, 0.3) is 0 Å². The van der Waals surface area contributed by atoms with Crippen molar-refractivity contribution >= 4 is 11.9 Å². The van der Waals surface area contributed by atoms with Gasteiger partial charge in [0.2, 0.25) is 0 Å². The van der Waals surface area contributed by atoms with E-state index in [2.05, 4.69) is 17.9 Å². The number of carboxylic acids is 1. The second-order valence-electron chi connectivity index (χ2n) is 2.18. The Morgan fingerprint density at radius 1 is 1.54 bits per heavy atom. The van der Waals surface area contributed by atoms with Crippen LogP contribution < -0.4 is 0 Å². The Morgan fingerprint density at radius 3 is 2.46 bits per heavy atom. The van der Waals surface area contributed by atoms with Crippen molar-refractivity contribution in [2.45, 2.75) is 6.10 Å². The maximum atomic E-state index is 10.5. The lowest BCUT2D eigenvalue weighted by Crippen LogP contribution is -2.23. The van der Waals surface area contributed by atoms with Crippen molar-refractivity contribution in [2.24, 2.45) is 0 Å². The van der Waals surface area contributed by atoms with Crippen molar-refractivity contribution < 1.29 is 24.5 Å². The summed E-state index contributed by atoms with van der Waals surface area (Å²) in [7, 11) is 0. The number of carbonyl (C=O) groups is 2. The third kappa shape index (κ3) is 4.07. The number of aliphatic carboxylic acids is 1. The number of carboxylic acid groups (broad SMARTS) is 1. The molecule has 0 radical (unpaired) electrons. The van der Waals surface area contributed by atoms with E-state index in [0.717, 1.165) is 6.08 Å². The van der Waals surface area contributed by atoms with Crippen LogP contribution in [-0.2, 0) is 14.3 Å². The third-order valence-corrected chi connectivity index (χ3v) is 1.23. The topological polar surface area (TPSA) is 83.8 Å². The van der Waals surface area contributed by atoms with Gasteiger partial charge in [-0.1, -0.05) is 13.2 Å². The van der Waals surface area contributed by atoms with Crippen molar-refractivity contribution in [3.8, 4) is 0 Å². The van der Waals surface area contributed by atoms with Gasteiger partial charge in [-0.25, -0.2) is 9.59 Å². The van der Waals surface area contributed by atoms with Crippen LogP contribution in [-0.4, -0.2) is 34.9 Å². The molecule has 1 atom stereocenters. The largest absolute Gasteiger partial charge is 0.478 e. The standard InChI is InChI=1S/C8H10O5/c1-3-7(10)13-4-6(9)5(2)8(11)12/h3,6,9H,1-2,4H2,(H,11,12). The maximum absolute atomic E-state index is 10.5. The quantitative estimate of drug-likeness (QED) is 0.455. The molecule has 0 saturated carbocycles. The van der Waals surface area contributed by atoms with E-state index in [-0.39, 0.29) is 0 Å². The van der Waals surface area contributed by atoms with Crippen LogP contribution in [0.3, 0.4) is 0 Å². The first-order valence-electron chi connectivity index (χ1n) is 3.38.